The van der Waals surface area contributed by atoms with E-state index < -0.39 is 17.3 Å². The first-order chi connectivity index (χ1) is 8.32. The third-order valence-corrected chi connectivity index (χ3v) is 4.16. The Bertz CT molecular complexity index is 447. The average Bonchev–Trinajstić information content (AvgIpc) is 2.85. The van der Waals surface area contributed by atoms with Crippen molar-refractivity contribution in [2.24, 2.45) is 12.8 Å². The summed E-state index contributed by atoms with van der Waals surface area (Å²) in [6.07, 6.45) is -1.47. The SMILES string of the molecule is Cn1nc(C(F)(F)F)c(C2(CN)CCCC2)c1Cl. The second-order valence-electron chi connectivity index (χ2n) is 4.83. The molecule has 0 amide bonds. The van der Waals surface area contributed by atoms with E-state index in [4.69, 9.17) is 17.3 Å². The molecule has 1 fully saturated rings. The predicted octanol–water partition coefficient (Wildman–Crippen LogP) is 2.86. The minimum Gasteiger partial charge on any atom is -0.330 e. The molecule has 2 N–H and O–H groups in total. The van der Waals surface area contributed by atoms with E-state index in [1.165, 1.54) is 7.05 Å². The molecule has 1 aliphatic carbocycles. The van der Waals surface area contributed by atoms with Crippen molar-refractivity contribution in [2.45, 2.75) is 37.3 Å². The van der Waals surface area contributed by atoms with Gasteiger partial charge in [0, 0.05) is 24.6 Å². The van der Waals surface area contributed by atoms with E-state index in [1.807, 2.05) is 0 Å². The molecule has 1 saturated carbocycles. The van der Waals surface area contributed by atoms with Crippen LogP contribution in [0.5, 0.6) is 0 Å². The van der Waals surface area contributed by atoms with Gasteiger partial charge in [-0.05, 0) is 12.8 Å². The Balaban J connectivity index is 2.62. The van der Waals surface area contributed by atoms with Crippen molar-refractivity contribution in [1.29, 1.82) is 0 Å². The molecular formula is C11H15ClF3N3. The number of hydrogen-bond donors (Lipinski definition) is 1. The van der Waals surface area contributed by atoms with Crippen LogP contribution in [-0.4, -0.2) is 16.3 Å². The molecule has 1 heterocycles. The van der Waals surface area contributed by atoms with Gasteiger partial charge in [-0.25, -0.2) is 0 Å². The van der Waals surface area contributed by atoms with E-state index >= 15 is 0 Å². The standard InChI is InChI=1S/C11H15ClF3N3/c1-18-9(12)7(8(17-18)11(13,14)15)10(6-16)4-2-3-5-10/h2-6,16H2,1H3. The summed E-state index contributed by atoms with van der Waals surface area (Å²) in [6, 6.07) is 0. The fourth-order valence-corrected chi connectivity index (χ4v) is 3.11. The third-order valence-electron chi connectivity index (χ3n) is 3.73. The van der Waals surface area contributed by atoms with Gasteiger partial charge in [-0.1, -0.05) is 24.4 Å². The minimum absolute atomic E-state index is 0.0506. The zero-order chi connectivity index (χ0) is 13.6. The van der Waals surface area contributed by atoms with Crippen LogP contribution in [0.25, 0.3) is 0 Å². The molecular weight excluding hydrogens is 267 g/mol. The molecule has 0 saturated heterocycles. The van der Waals surface area contributed by atoms with Crippen LogP contribution in [0.2, 0.25) is 5.15 Å². The fourth-order valence-electron chi connectivity index (χ4n) is 2.78. The maximum atomic E-state index is 13.0. The van der Waals surface area contributed by atoms with E-state index in [2.05, 4.69) is 5.10 Å². The van der Waals surface area contributed by atoms with E-state index in [9.17, 15) is 13.2 Å². The Hall–Kier alpha value is -0.750. The lowest BCUT2D eigenvalue weighted by molar-refractivity contribution is -0.142. The maximum Gasteiger partial charge on any atom is 0.435 e. The highest BCUT2D eigenvalue weighted by Crippen LogP contribution is 2.47. The third kappa shape index (κ3) is 2.01. The van der Waals surface area contributed by atoms with Gasteiger partial charge in [0.25, 0.3) is 0 Å². The van der Waals surface area contributed by atoms with Gasteiger partial charge in [0.2, 0.25) is 0 Å². The molecule has 0 atom stereocenters. The van der Waals surface area contributed by atoms with Crippen LogP contribution in [0.4, 0.5) is 13.2 Å². The minimum atomic E-state index is -4.50. The summed E-state index contributed by atoms with van der Waals surface area (Å²) in [5.41, 5.74) is 4.25. The van der Waals surface area contributed by atoms with Crippen LogP contribution in [0, 0.1) is 0 Å². The lowest BCUT2D eigenvalue weighted by Gasteiger charge is -2.28. The van der Waals surface area contributed by atoms with Gasteiger partial charge >= 0.3 is 6.18 Å². The molecule has 0 aromatic carbocycles. The van der Waals surface area contributed by atoms with Gasteiger partial charge in [0.15, 0.2) is 5.69 Å². The summed E-state index contributed by atoms with van der Waals surface area (Å²) >= 11 is 6.01. The molecule has 0 radical (unpaired) electrons. The van der Waals surface area contributed by atoms with Crippen molar-refractivity contribution in [2.75, 3.05) is 6.54 Å². The molecule has 2 rings (SSSR count). The van der Waals surface area contributed by atoms with Crippen molar-refractivity contribution in [3.63, 3.8) is 0 Å². The normalized spacial score (nSPS) is 19.4. The van der Waals surface area contributed by atoms with Gasteiger partial charge in [-0.3, -0.25) is 4.68 Å². The molecule has 0 unspecified atom stereocenters. The fraction of sp³-hybridized carbons (Fsp3) is 0.727. The monoisotopic (exact) mass is 281 g/mol. The molecule has 3 nitrogen and oxygen atoms in total. The number of nitrogens with zero attached hydrogens (tertiary/aromatic N) is 2. The van der Waals surface area contributed by atoms with Gasteiger partial charge < -0.3 is 5.73 Å². The molecule has 1 aromatic rings. The number of nitrogens with two attached hydrogens (primary N) is 1. The van der Waals surface area contributed by atoms with Crippen molar-refractivity contribution >= 4 is 11.6 Å². The van der Waals surface area contributed by atoms with Crippen molar-refractivity contribution in [3.05, 3.63) is 16.4 Å². The summed E-state index contributed by atoms with van der Waals surface area (Å²) in [6.45, 7) is 0.168. The number of alkyl halides is 3. The molecule has 1 aliphatic rings. The van der Waals surface area contributed by atoms with Crippen LogP contribution in [0.15, 0.2) is 0 Å². The Morgan fingerprint density at radius 3 is 2.39 bits per heavy atom. The van der Waals surface area contributed by atoms with E-state index in [-0.39, 0.29) is 17.3 Å². The lowest BCUT2D eigenvalue weighted by Crippen LogP contribution is -2.34. The molecule has 1 aromatic heterocycles. The predicted molar refractivity (Wildman–Crippen MR) is 62.4 cm³/mol. The number of aromatic nitrogens is 2. The Morgan fingerprint density at radius 2 is 1.94 bits per heavy atom. The van der Waals surface area contributed by atoms with Crippen LogP contribution in [0.1, 0.15) is 36.9 Å². The highest BCUT2D eigenvalue weighted by atomic mass is 35.5. The van der Waals surface area contributed by atoms with E-state index in [0.717, 1.165) is 17.5 Å². The zero-order valence-electron chi connectivity index (χ0n) is 10.0. The van der Waals surface area contributed by atoms with Crippen LogP contribution in [0.3, 0.4) is 0 Å². The first-order valence-electron chi connectivity index (χ1n) is 5.82. The molecule has 0 aliphatic heterocycles. The Morgan fingerprint density at radius 1 is 1.39 bits per heavy atom. The smallest absolute Gasteiger partial charge is 0.330 e. The molecule has 18 heavy (non-hydrogen) atoms. The summed E-state index contributed by atoms with van der Waals surface area (Å²) in [5.74, 6) is 0. The maximum absolute atomic E-state index is 13.0. The van der Waals surface area contributed by atoms with Crippen molar-refractivity contribution in [1.82, 2.24) is 9.78 Å². The molecule has 102 valence electrons. The van der Waals surface area contributed by atoms with Gasteiger partial charge in [0.1, 0.15) is 5.15 Å². The quantitative estimate of drug-likeness (QED) is 0.906. The molecule has 0 spiro atoms. The summed E-state index contributed by atoms with van der Waals surface area (Å²) < 4.78 is 40.2. The number of rotatable bonds is 2. The number of aryl methyl sites for hydroxylation is 1. The second kappa shape index (κ2) is 4.42. The number of hydrogen-bond acceptors (Lipinski definition) is 2. The van der Waals surface area contributed by atoms with Crippen LogP contribution >= 0.6 is 11.6 Å². The summed E-state index contributed by atoms with van der Waals surface area (Å²) in [7, 11) is 1.42. The first kappa shape index (κ1) is 13.7. The largest absolute Gasteiger partial charge is 0.435 e. The average molecular weight is 282 g/mol. The first-order valence-corrected chi connectivity index (χ1v) is 6.20. The van der Waals surface area contributed by atoms with Crippen molar-refractivity contribution in [3.8, 4) is 0 Å². The summed E-state index contributed by atoms with van der Waals surface area (Å²) in [5, 5.41) is 3.57. The topological polar surface area (TPSA) is 43.8 Å². The van der Waals surface area contributed by atoms with Gasteiger partial charge in [-0.15, -0.1) is 0 Å². The van der Waals surface area contributed by atoms with Crippen LogP contribution < -0.4 is 5.73 Å². The summed E-state index contributed by atoms with van der Waals surface area (Å²) in [4.78, 5) is 0. The lowest BCUT2D eigenvalue weighted by atomic mass is 9.79. The van der Waals surface area contributed by atoms with E-state index in [0.29, 0.717) is 12.8 Å². The van der Waals surface area contributed by atoms with Crippen LogP contribution in [-0.2, 0) is 18.6 Å². The molecule has 0 bridgehead atoms. The number of halogens is 4. The highest BCUT2D eigenvalue weighted by Gasteiger charge is 2.47. The van der Waals surface area contributed by atoms with Gasteiger partial charge in [-0.2, -0.15) is 18.3 Å². The Kier molecular flexibility index (Phi) is 3.36. The highest BCUT2D eigenvalue weighted by molar-refractivity contribution is 6.30. The zero-order valence-corrected chi connectivity index (χ0v) is 10.8. The van der Waals surface area contributed by atoms with E-state index in [1.54, 1.807) is 0 Å². The molecule has 7 heteroatoms. The Labute approximate surface area is 108 Å². The second-order valence-corrected chi connectivity index (χ2v) is 5.19. The van der Waals surface area contributed by atoms with Crippen molar-refractivity contribution < 1.29 is 13.2 Å². The van der Waals surface area contributed by atoms with Gasteiger partial charge in [0.05, 0.1) is 0 Å².